The molecule has 1 aromatic rings. The van der Waals surface area contributed by atoms with Crippen LogP contribution in [0.4, 0.5) is 11.4 Å². The molecule has 4 atom stereocenters. The maximum Gasteiger partial charge on any atom is 0.313 e. The van der Waals surface area contributed by atoms with E-state index < -0.39 is 28.4 Å². The predicted octanol–water partition coefficient (Wildman–Crippen LogP) is 2.22. The first-order chi connectivity index (χ1) is 12.4. The van der Waals surface area contributed by atoms with Crippen molar-refractivity contribution >= 4 is 29.2 Å². The van der Waals surface area contributed by atoms with E-state index in [0.717, 1.165) is 30.7 Å². The number of anilines is 1. The number of nitro groups is 1. The minimum Gasteiger partial charge on any atom is -0.419 e. The van der Waals surface area contributed by atoms with Crippen LogP contribution < -0.4 is 9.64 Å². The van der Waals surface area contributed by atoms with Crippen molar-refractivity contribution in [2.45, 2.75) is 19.8 Å². The quantitative estimate of drug-likeness (QED) is 0.205. The van der Waals surface area contributed by atoms with E-state index in [0.29, 0.717) is 0 Å². The molecule has 134 valence electrons. The number of rotatable bonds is 3. The van der Waals surface area contributed by atoms with Crippen molar-refractivity contribution in [3.8, 4) is 5.75 Å². The van der Waals surface area contributed by atoms with Crippen molar-refractivity contribution in [1.29, 1.82) is 0 Å². The predicted molar refractivity (Wildman–Crippen MR) is 89.2 cm³/mol. The van der Waals surface area contributed by atoms with Gasteiger partial charge in [0.15, 0.2) is 0 Å². The van der Waals surface area contributed by atoms with Crippen LogP contribution in [0.5, 0.6) is 5.75 Å². The van der Waals surface area contributed by atoms with Gasteiger partial charge in [-0.3, -0.25) is 24.5 Å². The summed E-state index contributed by atoms with van der Waals surface area (Å²) in [6.07, 6.45) is 5.77. The van der Waals surface area contributed by atoms with Crippen LogP contribution in [0, 0.1) is 33.8 Å². The van der Waals surface area contributed by atoms with Crippen LogP contribution in [-0.4, -0.2) is 22.7 Å². The van der Waals surface area contributed by atoms with E-state index in [4.69, 9.17) is 4.74 Å². The molecule has 0 unspecified atom stereocenters. The molecule has 0 aromatic heterocycles. The summed E-state index contributed by atoms with van der Waals surface area (Å²) in [7, 11) is 0. The van der Waals surface area contributed by atoms with Gasteiger partial charge in [0.05, 0.1) is 22.4 Å². The van der Waals surface area contributed by atoms with Gasteiger partial charge in [0.2, 0.25) is 17.6 Å². The molecule has 1 heterocycles. The standard InChI is InChI=1S/C18H16N2O6/c1-9(21)26-14-7-6-12(8-13(14)20(24)25)19-17(22)15-10-2-3-11(5-4-10)16(15)18(19)23/h2-3,6-8,10-11,15-16H,4-5H2,1H3/t10-,11-,15+,16+/m0/s1. The molecule has 3 aliphatic carbocycles. The number of hydrogen-bond donors (Lipinski definition) is 0. The van der Waals surface area contributed by atoms with E-state index in [9.17, 15) is 24.5 Å². The van der Waals surface area contributed by atoms with E-state index in [2.05, 4.69) is 0 Å². The average molecular weight is 356 g/mol. The fourth-order valence-electron chi connectivity index (χ4n) is 4.36. The smallest absolute Gasteiger partial charge is 0.313 e. The van der Waals surface area contributed by atoms with Crippen molar-refractivity contribution < 1.29 is 24.0 Å². The van der Waals surface area contributed by atoms with Crippen LogP contribution in [-0.2, 0) is 14.4 Å². The Bertz CT molecular complexity index is 844. The number of esters is 1. The Hall–Kier alpha value is -3.03. The Labute approximate surface area is 148 Å². The molecule has 8 nitrogen and oxygen atoms in total. The largest absolute Gasteiger partial charge is 0.419 e. The first-order valence-corrected chi connectivity index (χ1v) is 8.41. The summed E-state index contributed by atoms with van der Waals surface area (Å²) in [5.74, 6) is -2.23. The fourth-order valence-corrected chi connectivity index (χ4v) is 4.36. The lowest BCUT2D eigenvalue weighted by atomic mass is 9.63. The third-order valence-electron chi connectivity index (χ3n) is 5.41. The van der Waals surface area contributed by atoms with Crippen LogP contribution in [0.3, 0.4) is 0 Å². The topological polar surface area (TPSA) is 107 Å². The molecule has 2 bridgehead atoms. The van der Waals surface area contributed by atoms with Gasteiger partial charge in [0.25, 0.3) is 0 Å². The number of amides is 2. The van der Waals surface area contributed by atoms with Gasteiger partial charge in [-0.15, -0.1) is 0 Å². The summed E-state index contributed by atoms with van der Waals surface area (Å²) in [5, 5.41) is 11.3. The molecule has 1 saturated heterocycles. The Morgan fingerprint density at radius 3 is 2.19 bits per heavy atom. The Balaban J connectivity index is 1.73. The lowest BCUT2D eigenvalue weighted by Crippen LogP contribution is -2.38. The maximum atomic E-state index is 12.9. The van der Waals surface area contributed by atoms with Crippen LogP contribution in [0.2, 0.25) is 0 Å². The second kappa shape index (κ2) is 5.76. The van der Waals surface area contributed by atoms with Gasteiger partial charge >= 0.3 is 11.7 Å². The number of fused-ring (bicyclic) bond motifs is 1. The molecule has 0 spiro atoms. The van der Waals surface area contributed by atoms with Crippen molar-refractivity contribution in [1.82, 2.24) is 0 Å². The minimum absolute atomic E-state index is 0.0433. The summed E-state index contributed by atoms with van der Waals surface area (Å²) in [6.45, 7) is 1.14. The molecular formula is C18H16N2O6. The van der Waals surface area contributed by atoms with Crippen LogP contribution in [0.1, 0.15) is 19.8 Å². The second-order valence-corrected chi connectivity index (χ2v) is 6.86. The van der Waals surface area contributed by atoms with Crippen LogP contribution in [0.15, 0.2) is 30.4 Å². The zero-order valence-electron chi connectivity index (χ0n) is 14.0. The molecule has 0 radical (unpaired) electrons. The first-order valence-electron chi connectivity index (χ1n) is 8.41. The highest BCUT2D eigenvalue weighted by Crippen LogP contribution is 2.50. The van der Waals surface area contributed by atoms with Gasteiger partial charge in [-0.25, -0.2) is 4.90 Å². The number of nitro benzene ring substituents is 1. The molecule has 4 aliphatic rings. The summed E-state index contributed by atoms with van der Waals surface area (Å²) in [4.78, 5) is 48.6. The number of carbonyl (C=O) groups excluding carboxylic acids is 3. The molecule has 2 amide bonds. The van der Waals surface area contributed by atoms with Crippen molar-refractivity contribution in [3.63, 3.8) is 0 Å². The van der Waals surface area contributed by atoms with E-state index in [1.54, 1.807) is 0 Å². The van der Waals surface area contributed by atoms with E-state index in [-0.39, 0.29) is 35.1 Å². The summed E-state index contributed by atoms with van der Waals surface area (Å²) < 4.78 is 4.84. The second-order valence-electron chi connectivity index (χ2n) is 6.86. The van der Waals surface area contributed by atoms with Gasteiger partial charge in [-0.05, 0) is 36.8 Å². The Morgan fingerprint density at radius 2 is 1.73 bits per heavy atom. The number of benzene rings is 1. The molecule has 5 rings (SSSR count). The molecule has 1 aromatic carbocycles. The van der Waals surface area contributed by atoms with Crippen molar-refractivity contribution in [2.75, 3.05) is 4.90 Å². The Kier molecular flexibility index (Phi) is 3.64. The molecule has 2 fully saturated rings. The van der Waals surface area contributed by atoms with Gasteiger partial charge in [-0.2, -0.15) is 0 Å². The van der Waals surface area contributed by atoms with Crippen LogP contribution in [0.25, 0.3) is 0 Å². The number of imide groups is 1. The first kappa shape index (κ1) is 16.4. The lowest BCUT2D eigenvalue weighted by molar-refractivity contribution is -0.385. The monoisotopic (exact) mass is 356 g/mol. The summed E-state index contributed by atoms with van der Waals surface area (Å²) >= 11 is 0. The zero-order valence-corrected chi connectivity index (χ0v) is 14.0. The SMILES string of the molecule is CC(=O)Oc1ccc(N2C(=O)[C@H]3[C@H](C2=O)[C@H]2C=C[C@H]3CC2)cc1[N+](=O)[O-]. The fraction of sp³-hybridized carbons (Fsp3) is 0.389. The number of allylic oxidation sites excluding steroid dienone is 2. The van der Waals surface area contributed by atoms with Crippen molar-refractivity contribution in [2.24, 2.45) is 23.7 Å². The van der Waals surface area contributed by atoms with E-state index in [1.807, 2.05) is 12.2 Å². The number of hydrogen-bond acceptors (Lipinski definition) is 6. The molecule has 0 N–H and O–H groups in total. The van der Waals surface area contributed by atoms with Gasteiger partial charge in [-0.1, -0.05) is 12.2 Å². The van der Waals surface area contributed by atoms with Gasteiger partial charge < -0.3 is 4.74 Å². The molecule has 8 heteroatoms. The third-order valence-corrected chi connectivity index (χ3v) is 5.41. The minimum atomic E-state index is -0.703. The van der Waals surface area contributed by atoms with E-state index >= 15 is 0 Å². The number of ether oxygens (including phenoxy) is 1. The molecule has 26 heavy (non-hydrogen) atoms. The maximum absolute atomic E-state index is 12.9. The molecule has 1 aliphatic heterocycles. The zero-order chi connectivity index (χ0) is 18.6. The highest BCUT2D eigenvalue weighted by molar-refractivity contribution is 6.22. The van der Waals surface area contributed by atoms with Gasteiger partial charge in [0, 0.05) is 13.0 Å². The summed E-state index contributed by atoms with van der Waals surface area (Å²) in [5.41, 5.74) is -0.328. The van der Waals surface area contributed by atoms with Crippen molar-refractivity contribution in [3.05, 3.63) is 40.5 Å². The Morgan fingerprint density at radius 1 is 1.15 bits per heavy atom. The summed E-state index contributed by atoms with van der Waals surface area (Å²) in [6, 6.07) is 3.75. The molecular weight excluding hydrogens is 340 g/mol. The highest BCUT2D eigenvalue weighted by Gasteiger charge is 2.57. The number of carbonyl (C=O) groups is 3. The lowest BCUT2D eigenvalue weighted by Gasteiger charge is -2.38. The normalized spacial score (nSPS) is 29.0. The highest BCUT2D eigenvalue weighted by atomic mass is 16.6. The number of nitrogens with zero attached hydrogens (tertiary/aromatic N) is 2. The molecule has 1 saturated carbocycles. The van der Waals surface area contributed by atoms with Crippen LogP contribution >= 0.6 is 0 Å². The average Bonchev–Trinajstić information content (AvgIpc) is 2.89. The van der Waals surface area contributed by atoms with E-state index in [1.165, 1.54) is 12.1 Å². The van der Waals surface area contributed by atoms with Gasteiger partial charge in [0.1, 0.15) is 0 Å². The third kappa shape index (κ3) is 2.33.